The Bertz CT molecular complexity index is 516. The van der Waals surface area contributed by atoms with E-state index in [0.29, 0.717) is 25.1 Å². The lowest BCUT2D eigenvalue weighted by Gasteiger charge is -2.31. The molecular weight excluding hydrogens is 268 g/mol. The van der Waals surface area contributed by atoms with Gasteiger partial charge in [0.25, 0.3) is 0 Å². The lowest BCUT2D eigenvalue weighted by molar-refractivity contribution is -0.149. The van der Waals surface area contributed by atoms with Crippen LogP contribution in [0.15, 0.2) is 24.3 Å². The summed E-state index contributed by atoms with van der Waals surface area (Å²) in [5.74, 6) is -0.311. The summed E-state index contributed by atoms with van der Waals surface area (Å²) in [6.07, 6.45) is 2.76. The molecule has 1 aliphatic rings. The van der Waals surface area contributed by atoms with Crippen molar-refractivity contribution in [2.24, 2.45) is 5.92 Å². The van der Waals surface area contributed by atoms with E-state index in [-0.39, 0.29) is 17.8 Å². The first kappa shape index (κ1) is 15.4. The summed E-state index contributed by atoms with van der Waals surface area (Å²) >= 11 is 0. The zero-order valence-electron chi connectivity index (χ0n) is 12.4. The van der Waals surface area contributed by atoms with Gasteiger partial charge in [-0.25, -0.2) is 0 Å². The van der Waals surface area contributed by atoms with Crippen molar-refractivity contribution in [3.05, 3.63) is 29.8 Å². The highest BCUT2D eigenvalue weighted by atomic mass is 16.5. The van der Waals surface area contributed by atoms with E-state index in [1.807, 2.05) is 24.3 Å². The van der Waals surface area contributed by atoms with Crippen LogP contribution in [0, 0.1) is 5.92 Å². The van der Waals surface area contributed by atoms with Crippen LogP contribution in [-0.2, 0) is 20.7 Å². The maximum atomic E-state index is 12.3. The van der Waals surface area contributed by atoms with Gasteiger partial charge in [0.05, 0.1) is 13.0 Å². The van der Waals surface area contributed by atoms with Crippen molar-refractivity contribution < 1.29 is 14.3 Å². The molecule has 1 amide bonds. The maximum absolute atomic E-state index is 12.3. The van der Waals surface area contributed by atoms with Crippen LogP contribution in [-0.4, -0.2) is 37.0 Å². The molecule has 0 spiro atoms. The molecule has 0 aromatic heterocycles. The standard InChI is InChI=1S/C16H22N2O3/c1-21-16(20)13-5-3-9-18(11-13)15(19)8-7-12-4-2-6-14(17)10-12/h2,4,6,10,13H,3,5,7-9,11,17H2,1H3. The average Bonchev–Trinajstić information content (AvgIpc) is 2.52. The molecule has 0 radical (unpaired) electrons. The van der Waals surface area contributed by atoms with Gasteiger partial charge in [0.2, 0.25) is 5.91 Å². The molecule has 0 bridgehead atoms. The number of carbonyl (C=O) groups excluding carboxylic acids is 2. The molecule has 1 aromatic rings. The minimum atomic E-state index is -0.219. The quantitative estimate of drug-likeness (QED) is 0.675. The number of hydrogen-bond acceptors (Lipinski definition) is 4. The van der Waals surface area contributed by atoms with Gasteiger partial charge in [-0.15, -0.1) is 0 Å². The summed E-state index contributed by atoms with van der Waals surface area (Å²) in [5.41, 5.74) is 7.50. The molecule has 1 saturated heterocycles. The lowest BCUT2D eigenvalue weighted by Crippen LogP contribution is -2.42. The number of nitrogen functional groups attached to an aromatic ring is 1. The van der Waals surface area contributed by atoms with Crippen LogP contribution in [0.4, 0.5) is 5.69 Å². The number of amides is 1. The monoisotopic (exact) mass is 290 g/mol. The number of aryl methyl sites for hydroxylation is 1. The number of nitrogens with two attached hydrogens (primary N) is 1. The molecule has 114 valence electrons. The van der Waals surface area contributed by atoms with Gasteiger partial charge in [-0.05, 0) is 37.0 Å². The molecule has 1 unspecified atom stereocenters. The Morgan fingerprint density at radius 2 is 2.24 bits per heavy atom. The average molecular weight is 290 g/mol. The number of carbonyl (C=O) groups is 2. The fraction of sp³-hybridized carbons (Fsp3) is 0.500. The highest BCUT2D eigenvalue weighted by Gasteiger charge is 2.28. The van der Waals surface area contributed by atoms with Crippen LogP contribution in [0.1, 0.15) is 24.8 Å². The van der Waals surface area contributed by atoms with Crippen molar-refractivity contribution in [3.8, 4) is 0 Å². The van der Waals surface area contributed by atoms with Crippen molar-refractivity contribution in [2.45, 2.75) is 25.7 Å². The van der Waals surface area contributed by atoms with Crippen molar-refractivity contribution >= 4 is 17.6 Å². The minimum Gasteiger partial charge on any atom is -0.469 e. The Hall–Kier alpha value is -2.04. The number of benzene rings is 1. The summed E-state index contributed by atoms with van der Waals surface area (Å²) in [6.45, 7) is 1.20. The van der Waals surface area contributed by atoms with Crippen LogP contribution in [0.5, 0.6) is 0 Å². The predicted molar refractivity (Wildman–Crippen MR) is 80.5 cm³/mol. The van der Waals surface area contributed by atoms with E-state index >= 15 is 0 Å². The Kier molecular flexibility index (Phi) is 5.20. The number of esters is 1. The van der Waals surface area contributed by atoms with Gasteiger partial charge < -0.3 is 15.4 Å². The second-order valence-corrected chi connectivity index (χ2v) is 5.45. The Balaban J connectivity index is 1.86. The molecule has 1 aliphatic heterocycles. The van der Waals surface area contributed by atoms with Crippen LogP contribution >= 0.6 is 0 Å². The van der Waals surface area contributed by atoms with Crippen molar-refractivity contribution in [2.75, 3.05) is 25.9 Å². The Morgan fingerprint density at radius 1 is 1.43 bits per heavy atom. The van der Waals surface area contributed by atoms with Gasteiger partial charge in [-0.3, -0.25) is 9.59 Å². The first-order chi connectivity index (χ1) is 10.1. The largest absolute Gasteiger partial charge is 0.469 e. The zero-order chi connectivity index (χ0) is 15.2. The first-order valence-electron chi connectivity index (χ1n) is 7.30. The fourth-order valence-corrected chi connectivity index (χ4v) is 2.72. The van der Waals surface area contributed by atoms with Crippen molar-refractivity contribution in [1.29, 1.82) is 0 Å². The van der Waals surface area contributed by atoms with Gasteiger partial charge in [-0.2, -0.15) is 0 Å². The summed E-state index contributed by atoms with van der Waals surface area (Å²) in [6, 6.07) is 7.58. The highest BCUT2D eigenvalue weighted by Crippen LogP contribution is 2.19. The molecular formula is C16H22N2O3. The summed E-state index contributed by atoms with van der Waals surface area (Å²) in [4.78, 5) is 25.6. The first-order valence-corrected chi connectivity index (χ1v) is 7.30. The number of rotatable bonds is 4. The van der Waals surface area contributed by atoms with Crippen LogP contribution < -0.4 is 5.73 Å². The molecule has 1 aromatic carbocycles. The fourth-order valence-electron chi connectivity index (χ4n) is 2.72. The number of anilines is 1. The van der Waals surface area contributed by atoms with E-state index in [1.54, 1.807) is 4.90 Å². The van der Waals surface area contributed by atoms with E-state index in [9.17, 15) is 9.59 Å². The molecule has 0 aliphatic carbocycles. The van der Waals surface area contributed by atoms with Crippen molar-refractivity contribution in [3.63, 3.8) is 0 Å². The van der Waals surface area contributed by atoms with Crippen LogP contribution in [0.3, 0.4) is 0 Å². The topological polar surface area (TPSA) is 72.6 Å². The molecule has 0 saturated carbocycles. The molecule has 2 N–H and O–H groups in total. The molecule has 1 atom stereocenters. The number of hydrogen-bond donors (Lipinski definition) is 1. The predicted octanol–water partition coefficient (Wildman–Crippen LogP) is 1.61. The maximum Gasteiger partial charge on any atom is 0.310 e. The Morgan fingerprint density at radius 3 is 2.95 bits per heavy atom. The van der Waals surface area contributed by atoms with Crippen LogP contribution in [0.25, 0.3) is 0 Å². The normalized spacial score (nSPS) is 18.3. The molecule has 1 heterocycles. The van der Waals surface area contributed by atoms with Crippen molar-refractivity contribution in [1.82, 2.24) is 4.90 Å². The third kappa shape index (κ3) is 4.21. The molecule has 5 nitrogen and oxygen atoms in total. The lowest BCUT2D eigenvalue weighted by atomic mass is 9.97. The molecule has 2 rings (SSSR count). The van der Waals surface area contributed by atoms with E-state index in [2.05, 4.69) is 0 Å². The zero-order valence-corrected chi connectivity index (χ0v) is 12.4. The van der Waals surface area contributed by atoms with E-state index in [4.69, 9.17) is 10.5 Å². The summed E-state index contributed by atoms with van der Waals surface area (Å²) in [5, 5.41) is 0. The SMILES string of the molecule is COC(=O)C1CCCN(C(=O)CCc2cccc(N)c2)C1. The van der Waals surface area contributed by atoms with Gasteiger partial charge in [0.1, 0.15) is 0 Å². The minimum absolute atomic E-state index is 0.0889. The number of likely N-dealkylation sites (tertiary alicyclic amines) is 1. The number of ether oxygens (including phenoxy) is 1. The van der Waals surface area contributed by atoms with E-state index in [0.717, 1.165) is 24.9 Å². The molecule has 21 heavy (non-hydrogen) atoms. The van der Waals surface area contributed by atoms with Gasteiger partial charge >= 0.3 is 5.97 Å². The van der Waals surface area contributed by atoms with Gasteiger partial charge in [0, 0.05) is 25.2 Å². The summed E-state index contributed by atoms with van der Waals surface area (Å²) < 4.78 is 4.77. The third-order valence-corrected chi connectivity index (χ3v) is 3.89. The van der Waals surface area contributed by atoms with Crippen LogP contribution in [0.2, 0.25) is 0 Å². The molecule has 1 fully saturated rings. The Labute approximate surface area is 125 Å². The smallest absolute Gasteiger partial charge is 0.310 e. The number of piperidine rings is 1. The third-order valence-electron chi connectivity index (χ3n) is 3.89. The number of nitrogens with zero attached hydrogens (tertiary/aromatic N) is 1. The number of methoxy groups -OCH3 is 1. The van der Waals surface area contributed by atoms with Gasteiger partial charge in [0.15, 0.2) is 0 Å². The van der Waals surface area contributed by atoms with Gasteiger partial charge in [-0.1, -0.05) is 12.1 Å². The second kappa shape index (κ2) is 7.11. The highest BCUT2D eigenvalue weighted by molar-refractivity contribution is 5.78. The summed E-state index contributed by atoms with van der Waals surface area (Å²) in [7, 11) is 1.39. The molecule has 5 heteroatoms. The van der Waals surface area contributed by atoms with E-state index < -0.39 is 0 Å². The second-order valence-electron chi connectivity index (χ2n) is 5.45. The van der Waals surface area contributed by atoms with E-state index in [1.165, 1.54) is 7.11 Å².